The Morgan fingerprint density at radius 2 is 2.12 bits per heavy atom. The highest BCUT2D eigenvalue weighted by molar-refractivity contribution is 5.69. The molecule has 0 aromatic heterocycles. The molecule has 1 fully saturated rings. The summed E-state index contributed by atoms with van der Waals surface area (Å²) in [5, 5.41) is 8.92. The van der Waals surface area contributed by atoms with Crippen molar-refractivity contribution in [3.63, 3.8) is 0 Å². The predicted octanol–water partition coefficient (Wildman–Crippen LogP) is 2.29. The van der Waals surface area contributed by atoms with E-state index in [0.29, 0.717) is 0 Å². The molecule has 1 N–H and O–H groups in total. The average molecular weight is 233 g/mol. The molecule has 1 saturated carbocycles. The van der Waals surface area contributed by atoms with Crippen LogP contribution in [0.3, 0.4) is 0 Å². The molecule has 92 valence electrons. The standard InChI is InChI=1S/C14H19NO2/c1-11-4-2-3-5-13(11)9-15(10-14(16)17)8-12-6-7-12/h2-5,12H,6-10H2,1H3,(H,16,17). The quantitative estimate of drug-likeness (QED) is 0.819. The first kappa shape index (κ1) is 12.1. The highest BCUT2D eigenvalue weighted by Gasteiger charge is 2.25. The fraction of sp³-hybridized carbons (Fsp3) is 0.500. The fourth-order valence-electron chi connectivity index (χ4n) is 2.07. The van der Waals surface area contributed by atoms with Crippen LogP contribution in [0, 0.1) is 12.8 Å². The van der Waals surface area contributed by atoms with Gasteiger partial charge in [-0.2, -0.15) is 0 Å². The molecular formula is C14H19NO2. The molecule has 0 heterocycles. The van der Waals surface area contributed by atoms with Crippen LogP contribution in [0.25, 0.3) is 0 Å². The lowest BCUT2D eigenvalue weighted by Crippen LogP contribution is -2.31. The van der Waals surface area contributed by atoms with Crippen molar-refractivity contribution in [3.05, 3.63) is 35.4 Å². The summed E-state index contributed by atoms with van der Waals surface area (Å²) in [7, 11) is 0. The minimum atomic E-state index is -0.737. The van der Waals surface area contributed by atoms with Crippen LogP contribution in [-0.4, -0.2) is 29.1 Å². The molecule has 0 unspecified atom stereocenters. The monoisotopic (exact) mass is 233 g/mol. The Bertz CT molecular complexity index is 399. The van der Waals surface area contributed by atoms with Gasteiger partial charge in [0.1, 0.15) is 0 Å². The molecule has 17 heavy (non-hydrogen) atoms. The number of hydrogen-bond donors (Lipinski definition) is 1. The van der Waals surface area contributed by atoms with E-state index in [1.807, 2.05) is 17.0 Å². The molecule has 3 heteroatoms. The number of carbonyl (C=O) groups is 1. The molecule has 0 bridgehead atoms. The zero-order chi connectivity index (χ0) is 12.3. The second-order valence-corrected chi connectivity index (χ2v) is 4.93. The van der Waals surface area contributed by atoms with Gasteiger partial charge in [0, 0.05) is 13.1 Å². The summed E-state index contributed by atoms with van der Waals surface area (Å²) in [6.07, 6.45) is 2.51. The largest absolute Gasteiger partial charge is 0.480 e. The maximum Gasteiger partial charge on any atom is 0.317 e. The highest BCUT2D eigenvalue weighted by Crippen LogP contribution is 2.30. The molecule has 1 aromatic carbocycles. The van der Waals surface area contributed by atoms with Gasteiger partial charge in [-0.25, -0.2) is 0 Å². The summed E-state index contributed by atoms with van der Waals surface area (Å²) < 4.78 is 0. The molecule has 3 nitrogen and oxygen atoms in total. The van der Waals surface area contributed by atoms with Crippen molar-refractivity contribution in [2.24, 2.45) is 5.92 Å². The number of hydrogen-bond acceptors (Lipinski definition) is 2. The van der Waals surface area contributed by atoms with Crippen LogP contribution in [-0.2, 0) is 11.3 Å². The smallest absolute Gasteiger partial charge is 0.317 e. The lowest BCUT2D eigenvalue weighted by molar-refractivity contribution is -0.138. The third-order valence-electron chi connectivity index (χ3n) is 3.23. The van der Waals surface area contributed by atoms with E-state index in [9.17, 15) is 4.79 Å². The van der Waals surface area contributed by atoms with Crippen molar-refractivity contribution < 1.29 is 9.90 Å². The summed E-state index contributed by atoms with van der Waals surface area (Å²) in [6.45, 7) is 3.88. The van der Waals surface area contributed by atoms with E-state index in [0.717, 1.165) is 19.0 Å². The van der Waals surface area contributed by atoms with Gasteiger partial charge in [0.15, 0.2) is 0 Å². The summed E-state index contributed by atoms with van der Waals surface area (Å²) in [6, 6.07) is 8.18. The van der Waals surface area contributed by atoms with E-state index in [1.165, 1.54) is 24.0 Å². The van der Waals surface area contributed by atoms with Gasteiger partial charge < -0.3 is 5.11 Å². The average Bonchev–Trinajstić information content (AvgIpc) is 3.04. The lowest BCUT2D eigenvalue weighted by atomic mass is 10.1. The van der Waals surface area contributed by atoms with Crippen LogP contribution in [0.1, 0.15) is 24.0 Å². The van der Waals surface area contributed by atoms with Crippen LogP contribution < -0.4 is 0 Å². The first-order chi connectivity index (χ1) is 8.15. The third kappa shape index (κ3) is 3.86. The molecule has 0 saturated heterocycles. The minimum absolute atomic E-state index is 0.144. The zero-order valence-electron chi connectivity index (χ0n) is 10.2. The topological polar surface area (TPSA) is 40.5 Å². The maximum absolute atomic E-state index is 10.8. The van der Waals surface area contributed by atoms with Crippen molar-refractivity contribution >= 4 is 5.97 Å². The summed E-state index contributed by atoms with van der Waals surface area (Å²) in [5.74, 6) is -0.0161. The number of carboxylic acid groups (broad SMARTS) is 1. The summed E-state index contributed by atoms with van der Waals surface area (Å²) in [4.78, 5) is 12.9. The van der Waals surface area contributed by atoms with E-state index >= 15 is 0 Å². The van der Waals surface area contributed by atoms with Crippen LogP contribution in [0.5, 0.6) is 0 Å². The van der Waals surface area contributed by atoms with Gasteiger partial charge >= 0.3 is 5.97 Å². The first-order valence-electron chi connectivity index (χ1n) is 6.14. The van der Waals surface area contributed by atoms with E-state index in [-0.39, 0.29) is 6.54 Å². The second kappa shape index (κ2) is 5.32. The van der Waals surface area contributed by atoms with E-state index in [1.54, 1.807) is 0 Å². The second-order valence-electron chi connectivity index (χ2n) is 4.93. The van der Waals surface area contributed by atoms with Crippen molar-refractivity contribution in [1.29, 1.82) is 0 Å². The molecule has 0 amide bonds. The number of nitrogens with zero attached hydrogens (tertiary/aromatic N) is 1. The van der Waals surface area contributed by atoms with Gasteiger partial charge in [-0.1, -0.05) is 24.3 Å². The Balaban J connectivity index is 2.00. The zero-order valence-corrected chi connectivity index (χ0v) is 10.2. The number of aryl methyl sites for hydroxylation is 1. The summed E-state index contributed by atoms with van der Waals surface area (Å²) in [5.41, 5.74) is 2.47. The molecular weight excluding hydrogens is 214 g/mol. The maximum atomic E-state index is 10.8. The Kier molecular flexibility index (Phi) is 3.79. The molecule has 1 aromatic rings. The Hall–Kier alpha value is -1.35. The van der Waals surface area contributed by atoms with Crippen LogP contribution in [0.4, 0.5) is 0 Å². The highest BCUT2D eigenvalue weighted by atomic mass is 16.4. The predicted molar refractivity (Wildman–Crippen MR) is 66.8 cm³/mol. The Morgan fingerprint density at radius 3 is 2.71 bits per heavy atom. The fourth-order valence-corrected chi connectivity index (χ4v) is 2.07. The van der Waals surface area contributed by atoms with Crippen molar-refractivity contribution in [3.8, 4) is 0 Å². The third-order valence-corrected chi connectivity index (χ3v) is 3.23. The van der Waals surface area contributed by atoms with E-state index in [2.05, 4.69) is 19.1 Å². The van der Waals surface area contributed by atoms with Crippen LogP contribution in [0.15, 0.2) is 24.3 Å². The SMILES string of the molecule is Cc1ccccc1CN(CC(=O)O)CC1CC1. The molecule has 1 aliphatic rings. The van der Waals surface area contributed by atoms with Gasteiger partial charge in [-0.15, -0.1) is 0 Å². The van der Waals surface area contributed by atoms with E-state index < -0.39 is 5.97 Å². The number of rotatable bonds is 6. The summed E-state index contributed by atoms with van der Waals surface area (Å²) >= 11 is 0. The molecule has 0 radical (unpaired) electrons. The molecule has 0 atom stereocenters. The Morgan fingerprint density at radius 1 is 1.41 bits per heavy atom. The normalized spacial score (nSPS) is 15.2. The van der Waals surface area contributed by atoms with Gasteiger partial charge in [0.2, 0.25) is 0 Å². The molecule has 0 aliphatic heterocycles. The van der Waals surface area contributed by atoms with Gasteiger partial charge in [-0.3, -0.25) is 9.69 Å². The van der Waals surface area contributed by atoms with Crippen molar-refractivity contribution in [2.45, 2.75) is 26.3 Å². The van der Waals surface area contributed by atoms with Gasteiger partial charge in [0.25, 0.3) is 0 Å². The van der Waals surface area contributed by atoms with Gasteiger partial charge in [0.05, 0.1) is 6.54 Å². The minimum Gasteiger partial charge on any atom is -0.480 e. The number of aliphatic carboxylic acids is 1. The molecule has 0 spiro atoms. The van der Waals surface area contributed by atoms with E-state index in [4.69, 9.17) is 5.11 Å². The van der Waals surface area contributed by atoms with Gasteiger partial charge in [-0.05, 0) is 36.8 Å². The van der Waals surface area contributed by atoms with Crippen molar-refractivity contribution in [2.75, 3.05) is 13.1 Å². The Labute approximate surface area is 102 Å². The van der Waals surface area contributed by atoms with Crippen LogP contribution in [0.2, 0.25) is 0 Å². The number of carboxylic acids is 1. The number of benzene rings is 1. The van der Waals surface area contributed by atoms with Crippen LogP contribution >= 0.6 is 0 Å². The first-order valence-corrected chi connectivity index (χ1v) is 6.14. The molecule has 1 aliphatic carbocycles. The molecule has 2 rings (SSSR count). The van der Waals surface area contributed by atoms with Crippen molar-refractivity contribution in [1.82, 2.24) is 4.90 Å². The lowest BCUT2D eigenvalue weighted by Gasteiger charge is -2.21.